The zero-order chi connectivity index (χ0) is 12.9. The Morgan fingerprint density at radius 2 is 2.33 bits per heavy atom. The van der Waals surface area contributed by atoms with Crippen LogP contribution < -0.4 is 5.73 Å². The zero-order valence-corrected chi connectivity index (χ0v) is 11.7. The molecule has 3 heterocycles. The molecule has 2 aliphatic heterocycles. The van der Waals surface area contributed by atoms with Crippen LogP contribution in [0.25, 0.3) is 0 Å². The average Bonchev–Trinajstić information content (AvgIpc) is 3.00. The highest BCUT2D eigenvalue weighted by Crippen LogP contribution is 2.49. The van der Waals surface area contributed by atoms with Gasteiger partial charge in [0, 0.05) is 24.6 Å². The second-order valence-electron chi connectivity index (χ2n) is 5.75. The molecule has 0 radical (unpaired) electrons. The van der Waals surface area contributed by atoms with Gasteiger partial charge in [0.15, 0.2) is 0 Å². The standard InChI is InChI=1S/C13H20ClN3O/c1-8-10(12(14)17(2)16-8)6-13(7-15)5-9-3-4-11(13)18-9/h9,11H,3-7,15H2,1-2H3. The number of halogens is 1. The minimum Gasteiger partial charge on any atom is -0.374 e. The van der Waals surface area contributed by atoms with Gasteiger partial charge in [-0.15, -0.1) is 0 Å². The Morgan fingerprint density at radius 1 is 1.56 bits per heavy atom. The van der Waals surface area contributed by atoms with Crippen molar-refractivity contribution >= 4 is 11.6 Å². The van der Waals surface area contributed by atoms with Gasteiger partial charge in [0.2, 0.25) is 0 Å². The monoisotopic (exact) mass is 269 g/mol. The summed E-state index contributed by atoms with van der Waals surface area (Å²) in [6.07, 6.45) is 5.00. The molecule has 2 fully saturated rings. The third-order valence-electron chi connectivity index (χ3n) is 4.63. The Kier molecular flexibility index (Phi) is 2.92. The lowest BCUT2D eigenvalue weighted by atomic mass is 9.70. The molecule has 2 N–H and O–H groups in total. The predicted molar refractivity (Wildman–Crippen MR) is 70.7 cm³/mol. The molecule has 2 saturated heterocycles. The van der Waals surface area contributed by atoms with Crippen LogP contribution in [0.2, 0.25) is 5.15 Å². The van der Waals surface area contributed by atoms with E-state index in [1.54, 1.807) is 4.68 Å². The van der Waals surface area contributed by atoms with Crippen LogP contribution in [0.4, 0.5) is 0 Å². The first kappa shape index (κ1) is 12.5. The van der Waals surface area contributed by atoms with Gasteiger partial charge in [0.1, 0.15) is 5.15 Å². The van der Waals surface area contributed by atoms with Crippen molar-refractivity contribution in [1.82, 2.24) is 9.78 Å². The molecule has 1 aromatic heterocycles. The smallest absolute Gasteiger partial charge is 0.130 e. The number of nitrogens with two attached hydrogens (primary N) is 1. The van der Waals surface area contributed by atoms with Crippen molar-refractivity contribution in [3.8, 4) is 0 Å². The summed E-state index contributed by atoms with van der Waals surface area (Å²) >= 11 is 6.33. The normalized spacial score (nSPS) is 34.4. The van der Waals surface area contributed by atoms with E-state index >= 15 is 0 Å². The molecule has 0 saturated carbocycles. The van der Waals surface area contributed by atoms with E-state index in [9.17, 15) is 0 Å². The molecule has 0 aromatic carbocycles. The van der Waals surface area contributed by atoms with Crippen molar-refractivity contribution in [1.29, 1.82) is 0 Å². The van der Waals surface area contributed by atoms with Crippen LogP contribution in [0.15, 0.2) is 0 Å². The SMILES string of the molecule is Cc1nn(C)c(Cl)c1CC1(CN)CC2CCC1O2. The lowest BCUT2D eigenvalue weighted by Gasteiger charge is -2.34. The molecule has 0 spiro atoms. The zero-order valence-electron chi connectivity index (χ0n) is 10.9. The summed E-state index contributed by atoms with van der Waals surface area (Å²) in [7, 11) is 1.88. The number of hydrogen-bond donors (Lipinski definition) is 1. The maximum absolute atomic E-state index is 6.33. The van der Waals surface area contributed by atoms with E-state index in [0.29, 0.717) is 18.8 Å². The molecule has 3 atom stereocenters. The van der Waals surface area contributed by atoms with Gasteiger partial charge in [-0.3, -0.25) is 4.68 Å². The first-order valence-corrected chi connectivity index (χ1v) is 6.97. The van der Waals surface area contributed by atoms with Gasteiger partial charge in [-0.25, -0.2) is 0 Å². The highest BCUT2D eigenvalue weighted by atomic mass is 35.5. The summed E-state index contributed by atoms with van der Waals surface area (Å²) in [5.74, 6) is 0. The third-order valence-corrected chi connectivity index (χ3v) is 5.10. The first-order valence-electron chi connectivity index (χ1n) is 6.59. The van der Waals surface area contributed by atoms with E-state index in [4.69, 9.17) is 22.1 Å². The van der Waals surface area contributed by atoms with Crippen LogP contribution >= 0.6 is 11.6 Å². The summed E-state index contributed by atoms with van der Waals surface area (Å²) in [4.78, 5) is 0. The molecule has 5 heteroatoms. The molecule has 2 aliphatic rings. The number of aryl methyl sites for hydroxylation is 2. The average molecular weight is 270 g/mol. The third kappa shape index (κ3) is 1.70. The Bertz CT molecular complexity index is 473. The van der Waals surface area contributed by atoms with Crippen LogP contribution in [0, 0.1) is 12.3 Å². The van der Waals surface area contributed by atoms with E-state index in [1.807, 2.05) is 14.0 Å². The van der Waals surface area contributed by atoms with Crippen LogP contribution in [0.1, 0.15) is 30.5 Å². The molecular weight excluding hydrogens is 250 g/mol. The van der Waals surface area contributed by atoms with Crippen molar-refractivity contribution in [2.75, 3.05) is 6.54 Å². The number of ether oxygens (including phenoxy) is 1. The molecule has 4 nitrogen and oxygen atoms in total. The van der Waals surface area contributed by atoms with Crippen molar-refractivity contribution in [3.05, 3.63) is 16.4 Å². The van der Waals surface area contributed by atoms with Crippen molar-refractivity contribution in [3.63, 3.8) is 0 Å². The second kappa shape index (κ2) is 4.22. The van der Waals surface area contributed by atoms with Crippen molar-refractivity contribution in [2.24, 2.45) is 18.2 Å². The fraction of sp³-hybridized carbons (Fsp3) is 0.769. The Labute approximate surface area is 112 Å². The number of fused-ring (bicyclic) bond motifs is 2. The van der Waals surface area contributed by atoms with Gasteiger partial charge in [-0.2, -0.15) is 5.10 Å². The van der Waals surface area contributed by atoms with Crippen molar-refractivity contribution in [2.45, 2.75) is 44.8 Å². The second-order valence-corrected chi connectivity index (χ2v) is 6.11. The van der Waals surface area contributed by atoms with Gasteiger partial charge in [0.05, 0.1) is 17.9 Å². The molecule has 100 valence electrons. The maximum Gasteiger partial charge on any atom is 0.130 e. The molecule has 3 unspecified atom stereocenters. The summed E-state index contributed by atoms with van der Waals surface area (Å²) in [6.45, 7) is 2.68. The number of aromatic nitrogens is 2. The van der Waals surface area contributed by atoms with Crippen LogP contribution in [0.3, 0.4) is 0 Å². The fourth-order valence-corrected chi connectivity index (χ4v) is 3.83. The van der Waals surface area contributed by atoms with Gasteiger partial charge in [0.25, 0.3) is 0 Å². The first-order chi connectivity index (χ1) is 8.55. The van der Waals surface area contributed by atoms with Crippen LogP contribution in [0.5, 0.6) is 0 Å². The highest BCUT2D eigenvalue weighted by Gasteiger charge is 2.51. The Morgan fingerprint density at radius 3 is 2.78 bits per heavy atom. The largest absolute Gasteiger partial charge is 0.374 e. The number of nitrogens with zero attached hydrogens (tertiary/aromatic N) is 2. The van der Waals surface area contributed by atoms with E-state index in [-0.39, 0.29) is 5.41 Å². The lowest BCUT2D eigenvalue weighted by Crippen LogP contribution is -2.41. The molecule has 0 aliphatic carbocycles. The van der Waals surface area contributed by atoms with Crippen LogP contribution in [-0.2, 0) is 18.2 Å². The van der Waals surface area contributed by atoms with E-state index in [0.717, 1.165) is 35.7 Å². The minimum atomic E-state index is 0.0698. The minimum absolute atomic E-state index is 0.0698. The Balaban J connectivity index is 1.91. The quantitative estimate of drug-likeness (QED) is 0.911. The maximum atomic E-state index is 6.33. The molecule has 2 bridgehead atoms. The molecule has 18 heavy (non-hydrogen) atoms. The molecule has 3 rings (SSSR count). The van der Waals surface area contributed by atoms with Crippen molar-refractivity contribution < 1.29 is 4.74 Å². The van der Waals surface area contributed by atoms with Gasteiger partial charge < -0.3 is 10.5 Å². The van der Waals surface area contributed by atoms with Gasteiger partial charge >= 0.3 is 0 Å². The molecular formula is C13H20ClN3O. The van der Waals surface area contributed by atoms with E-state index in [2.05, 4.69) is 5.10 Å². The van der Waals surface area contributed by atoms with E-state index in [1.165, 1.54) is 6.42 Å². The topological polar surface area (TPSA) is 53.1 Å². The lowest BCUT2D eigenvalue weighted by molar-refractivity contribution is 0.0636. The molecule has 0 amide bonds. The fourth-order valence-electron chi connectivity index (χ4n) is 3.59. The molecule has 1 aromatic rings. The highest BCUT2D eigenvalue weighted by molar-refractivity contribution is 6.30. The predicted octanol–water partition coefficient (Wildman–Crippen LogP) is 1.82. The number of hydrogen-bond acceptors (Lipinski definition) is 3. The number of rotatable bonds is 3. The van der Waals surface area contributed by atoms with Gasteiger partial charge in [-0.1, -0.05) is 11.6 Å². The summed E-state index contributed by atoms with van der Waals surface area (Å²) in [5, 5.41) is 5.12. The van der Waals surface area contributed by atoms with Crippen LogP contribution in [-0.4, -0.2) is 28.5 Å². The summed E-state index contributed by atoms with van der Waals surface area (Å²) in [6, 6.07) is 0. The van der Waals surface area contributed by atoms with E-state index < -0.39 is 0 Å². The summed E-state index contributed by atoms with van der Waals surface area (Å²) < 4.78 is 7.73. The summed E-state index contributed by atoms with van der Waals surface area (Å²) in [5.41, 5.74) is 8.28. The Hall–Kier alpha value is -0.580. The van der Waals surface area contributed by atoms with Gasteiger partial charge in [-0.05, 0) is 32.6 Å².